The molecule has 1 amide bonds. The first-order valence-corrected chi connectivity index (χ1v) is 8.32. The maximum Gasteiger partial charge on any atom is 0.416 e. The lowest BCUT2D eigenvalue weighted by Gasteiger charge is -2.22. The smallest absolute Gasteiger partial charge is 0.416 e. The van der Waals surface area contributed by atoms with E-state index in [0.29, 0.717) is 17.7 Å². The number of hydrogen-bond acceptors (Lipinski definition) is 3. The summed E-state index contributed by atoms with van der Waals surface area (Å²) in [6, 6.07) is 8.13. The highest BCUT2D eigenvalue weighted by Crippen LogP contribution is 2.37. The van der Waals surface area contributed by atoms with Crippen LogP contribution in [0.3, 0.4) is 0 Å². The van der Waals surface area contributed by atoms with Crippen molar-refractivity contribution in [1.82, 2.24) is 5.32 Å². The van der Waals surface area contributed by atoms with Crippen LogP contribution in [0, 0.1) is 0 Å². The van der Waals surface area contributed by atoms with Gasteiger partial charge in [0.15, 0.2) is 0 Å². The fraction of sp³-hybridized carbons (Fsp3) is 0.316. The molecule has 0 unspecified atom stereocenters. The largest absolute Gasteiger partial charge is 0.445 e. The number of ether oxygens (including phenoxy) is 1. The number of benzene rings is 2. The topological polar surface area (TPSA) is 58.6 Å². The molecule has 0 saturated heterocycles. The Bertz CT molecular complexity index is 804. The van der Waals surface area contributed by atoms with Crippen LogP contribution < -0.4 is 5.32 Å². The summed E-state index contributed by atoms with van der Waals surface area (Å²) in [5.74, 6) is 0. The molecule has 0 spiro atoms. The molecular formula is C19H17F6NO3. The fourth-order valence-electron chi connectivity index (χ4n) is 2.47. The summed E-state index contributed by atoms with van der Waals surface area (Å²) in [6.45, 7) is 1.12. The van der Waals surface area contributed by atoms with Crippen molar-refractivity contribution in [3.05, 3.63) is 70.8 Å². The molecule has 0 heterocycles. The minimum Gasteiger partial charge on any atom is -0.445 e. The standard InChI is InChI=1S/C19H17F6NO3/c1-11(26-17(28)29-10-12-5-3-2-4-6-12)16(27)13-7-14(18(20,21)22)9-15(8-13)19(23,24)25/h2-9,11,16,27H,10H2,1H3,(H,26,28)/t11-,16+/m0/s1. The number of halogens is 6. The number of amides is 1. The number of rotatable bonds is 5. The van der Waals surface area contributed by atoms with Gasteiger partial charge in [-0.15, -0.1) is 0 Å². The van der Waals surface area contributed by atoms with E-state index >= 15 is 0 Å². The van der Waals surface area contributed by atoms with E-state index in [4.69, 9.17) is 4.74 Å². The molecule has 2 aromatic carbocycles. The predicted octanol–water partition coefficient (Wildman–Crippen LogP) is 5.07. The molecule has 2 atom stereocenters. The Kier molecular flexibility index (Phi) is 6.78. The lowest BCUT2D eigenvalue weighted by atomic mass is 9.97. The van der Waals surface area contributed by atoms with Gasteiger partial charge < -0.3 is 15.2 Å². The maximum atomic E-state index is 12.9. The van der Waals surface area contributed by atoms with E-state index in [1.165, 1.54) is 6.92 Å². The predicted molar refractivity (Wildman–Crippen MR) is 90.6 cm³/mol. The van der Waals surface area contributed by atoms with Crippen LogP contribution in [0.15, 0.2) is 48.5 Å². The highest BCUT2D eigenvalue weighted by atomic mass is 19.4. The monoisotopic (exact) mass is 421 g/mol. The summed E-state index contributed by atoms with van der Waals surface area (Å²) in [7, 11) is 0. The molecule has 0 aliphatic heterocycles. The van der Waals surface area contributed by atoms with Crippen molar-refractivity contribution in [2.45, 2.75) is 38.0 Å². The van der Waals surface area contributed by atoms with E-state index in [2.05, 4.69) is 5.32 Å². The van der Waals surface area contributed by atoms with Gasteiger partial charge in [0.25, 0.3) is 0 Å². The second-order valence-electron chi connectivity index (χ2n) is 6.28. The Morgan fingerprint density at radius 1 is 1.00 bits per heavy atom. The van der Waals surface area contributed by atoms with Crippen molar-refractivity contribution in [2.75, 3.05) is 0 Å². The molecule has 4 nitrogen and oxygen atoms in total. The van der Waals surface area contributed by atoms with Gasteiger partial charge in [-0.05, 0) is 36.2 Å². The Balaban J connectivity index is 2.13. The zero-order valence-electron chi connectivity index (χ0n) is 15.0. The van der Waals surface area contributed by atoms with Gasteiger partial charge in [-0.3, -0.25) is 0 Å². The minimum atomic E-state index is -5.04. The van der Waals surface area contributed by atoms with Crippen molar-refractivity contribution in [3.8, 4) is 0 Å². The van der Waals surface area contributed by atoms with Gasteiger partial charge >= 0.3 is 18.4 Å². The quantitative estimate of drug-likeness (QED) is 0.663. The Labute approximate surface area is 162 Å². The van der Waals surface area contributed by atoms with Gasteiger partial charge in [0.2, 0.25) is 0 Å². The van der Waals surface area contributed by atoms with Crippen molar-refractivity contribution in [1.29, 1.82) is 0 Å². The van der Waals surface area contributed by atoms with E-state index in [-0.39, 0.29) is 12.7 Å². The molecule has 10 heteroatoms. The van der Waals surface area contributed by atoms with Crippen LogP contribution >= 0.6 is 0 Å². The lowest BCUT2D eigenvalue weighted by molar-refractivity contribution is -0.143. The zero-order valence-corrected chi connectivity index (χ0v) is 15.0. The molecule has 0 radical (unpaired) electrons. The average Bonchev–Trinajstić information content (AvgIpc) is 2.64. The van der Waals surface area contributed by atoms with Crippen LogP contribution in [-0.4, -0.2) is 17.2 Å². The minimum absolute atomic E-state index is 0.0392. The maximum absolute atomic E-state index is 12.9. The van der Waals surface area contributed by atoms with Crippen LogP contribution in [0.4, 0.5) is 31.1 Å². The van der Waals surface area contributed by atoms with E-state index in [1.54, 1.807) is 30.3 Å². The molecular weight excluding hydrogens is 404 g/mol. The third kappa shape index (κ3) is 6.38. The third-order valence-electron chi connectivity index (χ3n) is 3.98. The first-order chi connectivity index (χ1) is 13.4. The summed E-state index contributed by atoms with van der Waals surface area (Å²) in [5, 5.41) is 12.4. The number of alkyl halides is 6. The molecule has 0 aliphatic rings. The molecule has 29 heavy (non-hydrogen) atoms. The molecule has 2 aromatic rings. The Morgan fingerprint density at radius 2 is 1.52 bits per heavy atom. The zero-order chi connectivity index (χ0) is 21.8. The summed E-state index contributed by atoms with van der Waals surface area (Å²) in [4.78, 5) is 11.8. The van der Waals surface area contributed by atoms with Crippen molar-refractivity contribution in [2.24, 2.45) is 0 Å². The lowest BCUT2D eigenvalue weighted by Crippen LogP contribution is -2.37. The molecule has 2 rings (SSSR count). The highest BCUT2D eigenvalue weighted by molar-refractivity contribution is 5.67. The van der Waals surface area contributed by atoms with Crippen LogP contribution in [0.25, 0.3) is 0 Å². The SMILES string of the molecule is C[C@H](NC(=O)OCc1ccccc1)[C@@H](O)c1cc(C(F)(F)F)cc(C(F)(F)F)c1. The first kappa shape index (κ1) is 22.5. The van der Waals surface area contributed by atoms with Gasteiger partial charge in [0.05, 0.1) is 23.3 Å². The van der Waals surface area contributed by atoms with Gasteiger partial charge in [0, 0.05) is 0 Å². The molecule has 0 bridgehead atoms. The molecule has 158 valence electrons. The second-order valence-corrected chi connectivity index (χ2v) is 6.28. The molecule has 0 fully saturated rings. The number of nitrogens with one attached hydrogen (secondary N) is 1. The summed E-state index contributed by atoms with van der Waals surface area (Å²) >= 11 is 0. The Morgan fingerprint density at radius 3 is 2.00 bits per heavy atom. The van der Waals surface area contributed by atoms with Gasteiger partial charge in [-0.25, -0.2) is 4.79 Å². The number of aliphatic hydroxyl groups is 1. The van der Waals surface area contributed by atoms with Gasteiger partial charge in [-0.1, -0.05) is 30.3 Å². The van der Waals surface area contributed by atoms with E-state index < -0.39 is 47.3 Å². The number of carbonyl (C=O) groups excluding carboxylic acids is 1. The van der Waals surface area contributed by atoms with E-state index in [1.807, 2.05) is 0 Å². The van der Waals surface area contributed by atoms with Crippen molar-refractivity contribution >= 4 is 6.09 Å². The van der Waals surface area contributed by atoms with Crippen LogP contribution in [0.2, 0.25) is 0 Å². The number of aliphatic hydroxyl groups excluding tert-OH is 1. The third-order valence-corrected chi connectivity index (χ3v) is 3.98. The van der Waals surface area contributed by atoms with Crippen LogP contribution in [-0.2, 0) is 23.7 Å². The van der Waals surface area contributed by atoms with Crippen molar-refractivity contribution in [3.63, 3.8) is 0 Å². The van der Waals surface area contributed by atoms with Crippen molar-refractivity contribution < 1.29 is 41.0 Å². The first-order valence-electron chi connectivity index (χ1n) is 8.32. The number of carbonyl (C=O) groups is 1. The second kappa shape index (κ2) is 8.73. The molecule has 2 N–H and O–H groups in total. The Hall–Kier alpha value is -2.75. The van der Waals surface area contributed by atoms with E-state index in [9.17, 15) is 36.2 Å². The number of hydrogen-bond donors (Lipinski definition) is 2. The summed E-state index contributed by atoms with van der Waals surface area (Å²) in [5.41, 5.74) is -3.08. The van der Waals surface area contributed by atoms with Gasteiger partial charge in [-0.2, -0.15) is 26.3 Å². The van der Waals surface area contributed by atoms with Crippen LogP contribution in [0.1, 0.15) is 35.3 Å². The molecule has 0 saturated carbocycles. The molecule has 0 aliphatic carbocycles. The summed E-state index contributed by atoms with van der Waals surface area (Å²) < 4.78 is 82.5. The normalized spacial score (nSPS) is 14.2. The summed E-state index contributed by atoms with van der Waals surface area (Å²) in [6.07, 6.45) is -12.9. The molecule has 0 aromatic heterocycles. The average molecular weight is 421 g/mol. The number of alkyl carbamates (subject to hydrolysis) is 1. The van der Waals surface area contributed by atoms with E-state index in [0.717, 1.165) is 0 Å². The van der Waals surface area contributed by atoms with Crippen LogP contribution in [0.5, 0.6) is 0 Å². The fourth-order valence-corrected chi connectivity index (χ4v) is 2.47. The highest BCUT2D eigenvalue weighted by Gasteiger charge is 2.38. The van der Waals surface area contributed by atoms with Gasteiger partial charge in [0.1, 0.15) is 6.61 Å².